The number of hydrogen-bond donors (Lipinski definition) is 2. The molecule has 8 heteroatoms. The second kappa shape index (κ2) is 5.46. The van der Waals surface area contributed by atoms with Gasteiger partial charge in [0.1, 0.15) is 6.04 Å². The highest BCUT2D eigenvalue weighted by molar-refractivity contribution is 7.89. The highest BCUT2D eigenvalue weighted by atomic mass is 32.2. The van der Waals surface area contributed by atoms with Gasteiger partial charge in [-0.3, -0.25) is 9.59 Å². The zero-order valence-corrected chi connectivity index (χ0v) is 10.0. The Bertz CT molecular complexity index is 404. The van der Waals surface area contributed by atoms with Gasteiger partial charge in [-0.1, -0.05) is 0 Å². The van der Waals surface area contributed by atoms with Crippen LogP contribution in [-0.2, 0) is 19.6 Å². The molecule has 0 aromatic rings. The molecule has 1 rings (SSSR count). The summed E-state index contributed by atoms with van der Waals surface area (Å²) in [6, 6.07) is -1.27. The minimum atomic E-state index is -3.56. The highest BCUT2D eigenvalue weighted by Gasteiger charge is 2.36. The topological polar surface area (TPSA) is 112 Å². The predicted octanol–water partition coefficient (Wildman–Crippen LogP) is -0.270. The van der Waals surface area contributed by atoms with Crippen molar-refractivity contribution < 1.29 is 28.2 Å². The molecule has 7 nitrogen and oxygen atoms in total. The van der Waals surface area contributed by atoms with Crippen molar-refractivity contribution in [1.29, 1.82) is 0 Å². The van der Waals surface area contributed by atoms with Crippen LogP contribution < -0.4 is 0 Å². The van der Waals surface area contributed by atoms with Crippen LogP contribution in [0.1, 0.15) is 25.7 Å². The summed E-state index contributed by atoms with van der Waals surface area (Å²) < 4.78 is 24.3. The molecule has 0 aromatic heterocycles. The van der Waals surface area contributed by atoms with E-state index in [9.17, 15) is 18.0 Å². The fraction of sp³-hybridized carbons (Fsp3) is 0.778. The van der Waals surface area contributed by atoms with Crippen molar-refractivity contribution in [1.82, 2.24) is 4.31 Å². The summed E-state index contributed by atoms with van der Waals surface area (Å²) in [7, 11) is -3.56. The lowest BCUT2D eigenvalue weighted by Crippen LogP contribution is -2.48. The second-order valence-corrected chi connectivity index (χ2v) is 5.96. The van der Waals surface area contributed by atoms with Gasteiger partial charge in [-0.05, 0) is 19.3 Å². The van der Waals surface area contributed by atoms with Crippen molar-refractivity contribution in [2.75, 3.05) is 12.3 Å². The predicted molar refractivity (Wildman–Crippen MR) is 58.0 cm³/mol. The van der Waals surface area contributed by atoms with Gasteiger partial charge in [0, 0.05) is 13.0 Å². The third-order valence-corrected chi connectivity index (χ3v) is 4.61. The Morgan fingerprint density at radius 3 is 2.35 bits per heavy atom. The van der Waals surface area contributed by atoms with Crippen molar-refractivity contribution in [2.24, 2.45) is 0 Å². The van der Waals surface area contributed by atoms with E-state index >= 15 is 0 Å². The maximum absolute atomic E-state index is 11.7. The molecular weight excluding hydrogens is 250 g/mol. The molecule has 1 unspecified atom stereocenters. The number of carbonyl (C=O) groups is 2. The van der Waals surface area contributed by atoms with Gasteiger partial charge in [-0.15, -0.1) is 0 Å². The van der Waals surface area contributed by atoms with Gasteiger partial charge in [-0.2, -0.15) is 4.31 Å². The number of nitrogens with zero attached hydrogens (tertiary/aromatic N) is 1. The summed E-state index contributed by atoms with van der Waals surface area (Å²) in [5.41, 5.74) is 0. The number of carboxylic acids is 2. The zero-order chi connectivity index (χ0) is 13.1. The molecule has 0 bridgehead atoms. The molecule has 1 saturated heterocycles. The van der Waals surface area contributed by atoms with E-state index in [1.807, 2.05) is 0 Å². The van der Waals surface area contributed by atoms with Crippen LogP contribution in [0.25, 0.3) is 0 Å². The van der Waals surface area contributed by atoms with Crippen molar-refractivity contribution >= 4 is 22.0 Å². The first-order valence-corrected chi connectivity index (χ1v) is 6.89. The lowest BCUT2D eigenvalue weighted by Gasteiger charge is -2.30. The molecule has 0 radical (unpaired) electrons. The van der Waals surface area contributed by atoms with Crippen LogP contribution in [0.15, 0.2) is 0 Å². The van der Waals surface area contributed by atoms with Crippen LogP contribution in [0, 0.1) is 0 Å². The molecule has 0 amide bonds. The lowest BCUT2D eigenvalue weighted by atomic mass is 10.1. The Morgan fingerprint density at radius 1 is 1.24 bits per heavy atom. The molecule has 0 aliphatic carbocycles. The Kier molecular flexibility index (Phi) is 4.47. The van der Waals surface area contributed by atoms with E-state index in [0.29, 0.717) is 12.8 Å². The van der Waals surface area contributed by atoms with Crippen LogP contribution in [0.2, 0.25) is 0 Å². The average molecular weight is 265 g/mol. The Hall–Kier alpha value is -1.15. The maximum Gasteiger partial charge on any atom is 0.322 e. The summed E-state index contributed by atoms with van der Waals surface area (Å²) >= 11 is 0. The first kappa shape index (κ1) is 13.9. The Balaban J connectivity index is 2.82. The van der Waals surface area contributed by atoms with Gasteiger partial charge in [0.15, 0.2) is 0 Å². The summed E-state index contributed by atoms with van der Waals surface area (Å²) in [6.07, 6.45) is 0.563. The molecule has 98 valence electrons. The zero-order valence-electron chi connectivity index (χ0n) is 9.20. The van der Waals surface area contributed by atoms with Crippen LogP contribution >= 0.6 is 0 Å². The monoisotopic (exact) mass is 265 g/mol. The quantitative estimate of drug-likeness (QED) is 0.707. The molecule has 1 heterocycles. The van der Waals surface area contributed by atoms with Gasteiger partial charge >= 0.3 is 11.9 Å². The average Bonchev–Trinajstić information content (AvgIpc) is 2.19. The summed E-state index contributed by atoms with van der Waals surface area (Å²) in [6.45, 7) is 0.152. The van der Waals surface area contributed by atoms with Crippen molar-refractivity contribution in [3.63, 3.8) is 0 Å². The van der Waals surface area contributed by atoms with E-state index in [4.69, 9.17) is 10.2 Å². The Labute approximate surface area is 99.1 Å². The molecular formula is C9H15NO6S. The molecule has 17 heavy (non-hydrogen) atoms. The van der Waals surface area contributed by atoms with Crippen LogP contribution in [0.3, 0.4) is 0 Å². The van der Waals surface area contributed by atoms with E-state index in [-0.39, 0.29) is 25.1 Å². The summed E-state index contributed by atoms with van der Waals surface area (Å²) in [5, 5.41) is 17.5. The minimum absolute atomic E-state index is 0.0656. The SMILES string of the molecule is O=C(O)CCC(C(=O)O)N1CCCCS1(=O)=O. The van der Waals surface area contributed by atoms with E-state index in [2.05, 4.69) is 0 Å². The number of carboxylic acid groups (broad SMARTS) is 2. The van der Waals surface area contributed by atoms with Crippen molar-refractivity contribution in [3.05, 3.63) is 0 Å². The molecule has 0 aromatic carbocycles. The van der Waals surface area contributed by atoms with Gasteiger partial charge in [-0.25, -0.2) is 8.42 Å². The molecule has 1 aliphatic rings. The number of aliphatic carboxylic acids is 2. The number of rotatable bonds is 5. The van der Waals surface area contributed by atoms with Gasteiger partial charge < -0.3 is 10.2 Å². The Morgan fingerprint density at radius 2 is 1.88 bits per heavy atom. The fourth-order valence-electron chi connectivity index (χ4n) is 1.81. The summed E-state index contributed by atoms with van der Waals surface area (Å²) in [4.78, 5) is 21.4. The lowest BCUT2D eigenvalue weighted by molar-refractivity contribution is -0.142. The molecule has 2 N–H and O–H groups in total. The third kappa shape index (κ3) is 3.67. The van der Waals surface area contributed by atoms with Gasteiger partial charge in [0.05, 0.1) is 5.75 Å². The molecule has 1 aliphatic heterocycles. The largest absolute Gasteiger partial charge is 0.481 e. The highest BCUT2D eigenvalue weighted by Crippen LogP contribution is 2.20. The minimum Gasteiger partial charge on any atom is -0.481 e. The molecule has 0 saturated carbocycles. The van der Waals surface area contributed by atoms with E-state index in [1.54, 1.807) is 0 Å². The summed E-state index contributed by atoms with van der Waals surface area (Å²) in [5.74, 6) is -2.49. The van der Waals surface area contributed by atoms with Crippen LogP contribution in [0.4, 0.5) is 0 Å². The standard InChI is InChI=1S/C9H15NO6S/c11-8(12)4-3-7(9(13)14)10-5-1-2-6-17(10,15)16/h7H,1-6H2,(H,11,12)(H,13,14). The van der Waals surface area contributed by atoms with Crippen molar-refractivity contribution in [3.8, 4) is 0 Å². The first-order valence-electron chi connectivity index (χ1n) is 5.28. The van der Waals surface area contributed by atoms with Crippen LogP contribution in [0.5, 0.6) is 0 Å². The fourth-order valence-corrected chi connectivity index (χ4v) is 3.60. The van der Waals surface area contributed by atoms with Gasteiger partial charge in [0.25, 0.3) is 0 Å². The third-order valence-electron chi connectivity index (χ3n) is 2.65. The molecule has 0 spiro atoms. The number of sulfonamides is 1. The van der Waals surface area contributed by atoms with E-state index in [0.717, 1.165) is 4.31 Å². The molecule has 1 atom stereocenters. The van der Waals surface area contributed by atoms with E-state index in [1.165, 1.54) is 0 Å². The number of hydrogen-bond acceptors (Lipinski definition) is 4. The second-order valence-electron chi connectivity index (χ2n) is 3.92. The first-order chi connectivity index (χ1) is 7.84. The normalized spacial score (nSPS) is 21.9. The maximum atomic E-state index is 11.7. The van der Waals surface area contributed by atoms with Crippen LogP contribution in [-0.4, -0.2) is 53.2 Å². The smallest absolute Gasteiger partial charge is 0.322 e. The molecule has 1 fully saturated rings. The van der Waals surface area contributed by atoms with Gasteiger partial charge in [0.2, 0.25) is 10.0 Å². The van der Waals surface area contributed by atoms with Crippen molar-refractivity contribution in [2.45, 2.75) is 31.7 Å². The van der Waals surface area contributed by atoms with E-state index < -0.39 is 28.0 Å².